The Morgan fingerprint density at radius 1 is 1.62 bits per heavy atom. The monoisotopic (exact) mass is 179 g/mol. The van der Waals surface area contributed by atoms with Gasteiger partial charge < -0.3 is 5.73 Å². The zero-order chi connectivity index (χ0) is 9.42. The van der Waals surface area contributed by atoms with Gasteiger partial charge in [0.05, 0.1) is 4.92 Å². The van der Waals surface area contributed by atoms with Crippen LogP contribution in [0.5, 0.6) is 0 Å². The first-order chi connectivity index (χ1) is 6.20. The molecular weight excluding hydrogens is 174 g/mol. The summed E-state index contributed by atoms with van der Waals surface area (Å²) in [5.74, 6) is 0.103. The standard InChI is InChI=1S/C6H5N5O2/c7-6-5-4(11(12)13)3-9-10(5)2-1-8-6/h1-3H,(H2,7,8). The molecule has 0 saturated heterocycles. The van der Waals surface area contributed by atoms with Gasteiger partial charge in [0.2, 0.25) is 0 Å². The number of fused-ring (bicyclic) bond motifs is 1. The van der Waals surface area contributed by atoms with Crippen molar-refractivity contribution in [1.29, 1.82) is 0 Å². The topological polar surface area (TPSA) is 99.3 Å². The van der Waals surface area contributed by atoms with Gasteiger partial charge in [0.1, 0.15) is 6.20 Å². The number of nitrogens with zero attached hydrogens (tertiary/aromatic N) is 4. The molecule has 0 atom stereocenters. The van der Waals surface area contributed by atoms with Crippen LogP contribution in [0.15, 0.2) is 18.6 Å². The molecule has 0 saturated carbocycles. The lowest BCUT2D eigenvalue weighted by Crippen LogP contribution is -1.97. The van der Waals surface area contributed by atoms with Crippen LogP contribution in [0.3, 0.4) is 0 Å². The Balaban J connectivity index is 2.86. The lowest BCUT2D eigenvalue weighted by molar-refractivity contribution is -0.383. The van der Waals surface area contributed by atoms with Gasteiger partial charge in [-0.2, -0.15) is 5.10 Å². The largest absolute Gasteiger partial charge is 0.382 e. The minimum Gasteiger partial charge on any atom is -0.382 e. The molecule has 0 amide bonds. The summed E-state index contributed by atoms with van der Waals surface area (Å²) in [6, 6.07) is 0. The van der Waals surface area contributed by atoms with Crippen LogP contribution in [0.2, 0.25) is 0 Å². The number of hydrogen-bond acceptors (Lipinski definition) is 5. The van der Waals surface area contributed by atoms with Gasteiger partial charge in [-0.25, -0.2) is 9.50 Å². The van der Waals surface area contributed by atoms with E-state index in [-0.39, 0.29) is 17.0 Å². The molecule has 0 aliphatic rings. The highest BCUT2D eigenvalue weighted by molar-refractivity contribution is 5.76. The zero-order valence-corrected chi connectivity index (χ0v) is 6.41. The maximum absolute atomic E-state index is 10.5. The van der Waals surface area contributed by atoms with Crippen LogP contribution in [-0.4, -0.2) is 19.5 Å². The lowest BCUT2D eigenvalue weighted by atomic mass is 10.4. The van der Waals surface area contributed by atoms with Crippen molar-refractivity contribution < 1.29 is 4.92 Å². The van der Waals surface area contributed by atoms with Gasteiger partial charge in [0, 0.05) is 12.4 Å². The average Bonchev–Trinajstić information content (AvgIpc) is 2.49. The predicted molar refractivity (Wildman–Crippen MR) is 44.1 cm³/mol. The predicted octanol–water partition coefficient (Wildman–Crippen LogP) is 0.220. The van der Waals surface area contributed by atoms with Crippen molar-refractivity contribution in [3.63, 3.8) is 0 Å². The molecule has 0 fully saturated rings. The van der Waals surface area contributed by atoms with E-state index in [2.05, 4.69) is 10.1 Å². The van der Waals surface area contributed by atoms with Crippen LogP contribution in [0.25, 0.3) is 5.52 Å². The maximum atomic E-state index is 10.5. The third-order valence-electron chi connectivity index (χ3n) is 1.64. The second kappa shape index (κ2) is 2.41. The Kier molecular flexibility index (Phi) is 1.38. The molecule has 13 heavy (non-hydrogen) atoms. The van der Waals surface area contributed by atoms with E-state index >= 15 is 0 Å². The molecule has 7 nitrogen and oxygen atoms in total. The molecule has 0 bridgehead atoms. The van der Waals surface area contributed by atoms with E-state index in [4.69, 9.17) is 5.73 Å². The van der Waals surface area contributed by atoms with E-state index in [0.717, 1.165) is 6.20 Å². The molecule has 2 aromatic rings. The summed E-state index contributed by atoms with van der Waals surface area (Å²) >= 11 is 0. The van der Waals surface area contributed by atoms with E-state index in [1.54, 1.807) is 0 Å². The molecule has 0 radical (unpaired) electrons. The van der Waals surface area contributed by atoms with Crippen molar-refractivity contribution >= 4 is 17.0 Å². The Bertz CT molecular complexity index is 477. The van der Waals surface area contributed by atoms with Gasteiger partial charge in [-0.1, -0.05) is 0 Å². The third-order valence-corrected chi connectivity index (χ3v) is 1.64. The highest BCUT2D eigenvalue weighted by Gasteiger charge is 2.17. The van der Waals surface area contributed by atoms with Gasteiger partial charge in [-0.3, -0.25) is 10.1 Å². The molecule has 0 spiro atoms. The number of rotatable bonds is 1. The Labute approximate surface area is 72.0 Å². The molecule has 2 N–H and O–H groups in total. The second-order valence-corrected chi connectivity index (χ2v) is 2.39. The van der Waals surface area contributed by atoms with Crippen molar-refractivity contribution in [3.8, 4) is 0 Å². The quantitative estimate of drug-likeness (QED) is 0.498. The molecule has 0 unspecified atom stereocenters. The van der Waals surface area contributed by atoms with Crippen LogP contribution in [0.1, 0.15) is 0 Å². The first-order valence-corrected chi connectivity index (χ1v) is 3.42. The number of aromatic nitrogens is 3. The van der Waals surface area contributed by atoms with Crippen LogP contribution >= 0.6 is 0 Å². The second-order valence-electron chi connectivity index (χ2n) is 2.39. The Hall–Kier alpha value is -2.18. The average molecular weight is 179 g/mol. The number of hydrogen-bond donors (Lipinski definition) is 1. The fourth-order valence-electron chi connectivity index (χ4n) is 1.09. The Morgan fingerprint density at radius 2 is 2.38 bits per heavy atom. The number of nitrogens with two attached hydrogens (primary N) is 1. The molecular formula is C6H5N5O2. The van der Waals surface area contributed by atoms with Gasteiger partial charge in [-0.05, 0) is 0 Å². The minimum absolute atomic E-state index is 0.103. The van der Waals surface area contributed by atoms with Crippen molar-refractivity contribution in [2.24, 2.45) is 0 Å². The summed E-state index contributed by atoms with van der Waals surface area (Å²) in [4.78, 5) is 13.7. The van der Waals surface area contributed by atoms with E-state index in [1.165, 1.54) is 16.9 Å². The van der Waals surface area contributed by atoms with Gasteiger partial charge >= 0.3 is 5.69 Å². The first kappa shape index (κ1) is 7.47. The summed E-state index contributed by atoms with van der Waals surface area (Å²) in [5, 5.41) is 14.3. The van der Waals surface area contributed by atoms with Gasteiger partial charge in [0.25, 0.3) is 0 Å². The van der Waals surface area contributed by atoms with E-state index in [0.29, 0.717) is 0 Å². The Morgan fingerprint density at radius 3 is 3.08 bits per heavy atom. The SMILES string of the molecule is Nc1nccn2ncc([N+](=O)[O-])c12. The van der Waals surface area contributed by atoms with Crippen LogP contribution in [0.4, 0.5) is 11.5 Å². The van der Waals surface area contributed by atoms with E-state index in [1.807, 2.05) is 0 Å². The van der Waals surface area contributed by atoms with E-state index in [9.17, 15) is 10.1 Å². The van der Waals surface area contributed by atoms with Crippen LogP contribution in [0, 0.1) is 10.1 Å². The molecule has 2 heterocycles. The molecule has 2 rings (SSSR count). The number of anilines is 1. The van der Waals surface area contributed by atoms with Crippen molar-refractivity contribution in [1.82, 2.24) is 14.6 Å². The van der Waals surface area contributed by atoms with Crippen LogP contribution in [-0.2, 0) is 0 Å². The molecule has 66 valence electrons. The van der Waals surface area contributed by atoms with Crippen molar-refractivity contribution in [2.75, 3.05) is 5.73 Å². The van der Waals surface area contributed by atoms with E-state index < -0.39 is 4.92 Å². The molecule has 0 aromatic carbocycles. The fraction of sp³-hybridized carbons (Fsp3) is 0. The summed E-state index contributed by atoms with van der Waals surface area (Å²) in [7, 11) is 0. The maximum Gasteiger partial charge on any atom is 0.318 e. The van der Waals surface area contributed by atoms with Crippen LogP contribution < -0.4 is 5.73 Å². The molecule has 0 aliphatic heterocycles. The summed E-state index contributed by atoms with van der Waals surface area (Å²) in [5.41, 5.74) is 5.56. The summed E-state index contributed by atoms with van der Waals surface area (Å²) < 4.78 is 1.32. The van der Waals surface area contributed by atoms with Gasteiger partial charge in [0.15, 0.2) is 11.3 Å². The van der Waals surface area contributed by atoms with Crippen molar-refractivity contribution in [2.45, 2.75) is 0 Å². The highest BCUT2D eigenvalue weighted by Crippen LogP contribution is 2.22. The fourth-order valence-corrected chi connectivity index (χ4v) is 1.09. The summed E-state index contributed by atoms with van der Waals surface area (Å²) in [6.45, 7) is 0. The number of nitrogen functional groups attached to an aromatic ring is 1. The molecule has 2 aromatic heterocycles. The molecule has 0 aliphatic carbocycles. The van der Waals surface area contributed by atoms with Crippen molar-refractivity contribution in [3.05, 3.63) is 28.7 Å². The smallest absolute Gasteiger partial charge is 0.318 e. The zero-order valence-electron chi connectivity index (χ0n) is 6.41. The highest BCUT2D eigenvalue weighted by atomic mass is 16.6. The summed E-state index contributed by atoms with van der Waals surface area (Å²) in [6.07, 6.45) is 4.07. The number of nitro groups is 1. The lowest BCUT2D eigenvalue weighted by Gasteiger charge is -1.94. The molecule has 7 heteroatoms. The third kappa shape index (κ3) is 0.975. The minimum atomic E-state index is -0.541. The first-order valence-electron chi connectivity index (χ1n) is 3.42. The normalized spacial score (nSPS) is 10.5. The van der Waals surface area contributed by atoms with Gasteiger partial charge in [-0.15, -0.1) is 0 Å².